The Labute approximate surface area is 298 Å². The first-order valence-electron chi connectivity index (χ1n) is 14.6. The first-order chi connectivity index (χ1) is 24.6. The van der Waals surface area contributed by atoms with E-state index in [4.69, 9.17) is 23.2 Å². The second kappa shape index (κ2) is 10.9. The summed E-state index contributed by atoms with van der Waals surface area (Å²) < 4.78 is 190. The number of fused-ring (bicyclic) bond motifs is 2. The normalized spacial score (nSPS) is 16.4. The van der Waals surface area contributed by atoms with Crippen LogP contribution in [0.5, 0.6) is 0 Å². The number of hydrogen-bond acceptors (Lipinski definition) is 4. The molecule has 0 saturated carbocycles. The Balaban J connectivity index is 1.43. The fourth-order valence-corrected chi connectivity index (χ4v) is 7.38. The van der Waals surface area contributed by atoms with Gasteiger partial charge >= 0.3 is 36.0 Å². The Morgan fingerprint density at radius 2 is 0.722 bits per heavy atom. The van der Waals surface area contributed by atoms with Crippen molar-refractivity contribution >= 4 is 89.9 Å². The summed E-state index contributed by atoms with van der Waals surface area (Å²) in [6, 6.07) is 5.42. The van der Waals surface area contributed by atoms with Crippen LogP contribution in [0.25, 0.3) is 43.1 Å². The molecule has 0 radical (unpaired) electrons. The average Bonchev–Trinajstić information content (AvgIpc) is 3.05. The summed E-state index contributed by atoms with van der Waals surface area (Å²) >= 11 is 13.1. The van der Waals surface area contributed by atoms with Gasteiger partial charge in [0.15, 0.2) is 0 Å². The summed E-state index contributed by atoms with van der Waals surface area (Å²) in [6.07, 6.45) is -13.6. The minimum atomic E-state index is -6.78. The van der Waals surface area contributed by atoms with E-state index in [0.717, 1.165) is 36.4 Å². The molecule has 54 heavy (non-hydrogen) atoms. The lowest BCUT2D eigenvalue weighted by Crippen LogP contribution is -2.59. The number of hydrogen-bond donors (Lipinski definition) is 0. The predicted molar refractivity (Wildman–Crippen MR) is 160 cm³/mol. The molecule has 4 amide bonds. The molecule has 0 atom stereocenters. The van der Waals surface area contributed by atoms with Crippen LogP contribution >= 0.6 is 23.2 Å². The quantitative estimate of drug-likeness (QED) is 0.0740. The first kappa shape index (κ1) is 37.6. The monoisotopic (exact) mass is 822 g/mol. The van der Waals surface area contributed by atoms with Crippen molar-refractivity contribution in [1.82, 2.24) is 9.80 Å². The number of nitrogens with zero attached hydrogens (tertiary/aromatic N) is 2. The maximum Gasteiger partial charge on any atom is 0.459 e. The van der Waals surface area contributed by atoms with Crippen LogP contribution in [0.1, 0.15) is 41.4 Å². The molecule has 2 heterocycles. The zero-order valence-corrected chi connectivity index (χ0v) is 27.0. The smallest absolute Gasteiger partial charge is 0.269 e. The van der Waals surface area contributed by atoms with Gasteiger partial charge in [-0.2, -0.15) is 61.5 Å². The molecule has 0 aliphatic carbocycles. The Morgan fingerprint density at radius 3 is 1.02 bits per heavy atom. The molecule has 0 spiro atoms. The van der Waals surface area contributed by atoms with E-state index >= 15 is 0 Å². The molecule has 0 saturated heterocycles. The highest BCUT2D eigenvalue weighted by Crippen LogP contribution is 2.53. The highest BCUT2D eigenvalue weighted by atomic mass is 35.5. The number of benzene rings is 5. The number of rotatable bonds is 6. The molecule has 0 unspecified atom stereocenters. The highest BCUT2D eigenvalue weighted by molar-refractivity contribution is 6.50. The van der Waals surface area contributed by atoms with Crippen molar-refractivity contribution in [3.63, 3.8) is 0 Å². The average molecular weight is 823 g/mol. The van der Waals surface area contributed by atoms with Crippen molar-refractivity contribution in [2.24, 2.45) is 0 Å². The van der Waals surface area contributed by atoms with Gasteiger partial charge in [0.25, 0.3) is 23.6 Å². The van der Waals surface area contributed by atoms with Gasteiger partial charge in [-0.1, -0.05) is 35.3 Å². The summed E-state index contributed by atoms with van der Waals surface area (Å²) in [6.45, 7) is -5.42. The molecule has 0 N–H and O–H groups in total. The number of carbonyl (C=O) groups is 4. The van der Waals surface area contributed by atoms with Crippen LogP contribution < -0.4 is 0 Å². The van der Waals surface area contributed by atoms with Gasteiger partial charge in [0.2, 0.25) is 0 Å². The molecule has 0 aromatic heterocycles. The predicted octanol–water partition coefficient (Wildman–Crippen LogP) is 9.90. The summed E-state index contributed by atoms with van der Waals surface area (Å²) in [5.41, 5.74) is -2.70. The number of carbonyl (C=O) groups excluding carboxylic acids is 4. The van der Waals surface area contributed by atoms with Crippen LogP contribution in [-0.4, -0.2) is 82.6 Å². The van der Waals surface area contributed by atoms with Crippen LogP contribution in [0.3, 0.4) is 0 Å². The molecule has 0 fully saturated rings. The van der Waals surface area contributed by atoms with Crippen LogP contribution in [0.4, 0.5) is 61.5 Å². The number of halogens is 16. The fraction of sp³-hybridized carbons (Fsp3) is 0.250. The Bertz CT molecular complexity index is 2390. The molecule has 2 aliphatic rings. The lowest BCUT2D eigenvalue weighted by atomic mass is 9.82. The zero-order chi connectivity index (χ0) is 40.2. The second-order valence-electron chi connectivity index (χ2n) is 12.3. The van der Waals surface area contributed by atoms with Gasteiger partial charge in [-0.15, -0.1) is 0 Å². The third-order valence-corrected chi connectivity index (χ3v) is 9.85. The van der Waals surface area contributed by atoms with E-state index in [2.05, 4.69) is 0 Å². The number of amides is 4. The minimum absolute atomic E-state index is 0.0598. The first-order valence-corrected chi connectivity index (χ1v) is 15.3. The van der Waals surface area contributed by atoms with Gasteiger partial charge in [0.05, 0.1) is 24.2 Å². The van der Waals surface area contributed by atoms with Crippen molar-refractivity contribution in [2.45, 2.75) is 36.0 Å². The van der Waals surface area contributed by atoms with Crippen LogP contribution in [0.2, 0.25) is 10.0 Å². The summed E-state index contributed by atoms with van der Waals surface area (Å²) in [5.74, 6) is -32.3. The third-order valence-electron chi connectivity index (χ3n) is 9.25. The van der Waals surface area contributed by atoms with E-state index in [-0.39, 0.29) is 43.1 Å². The molecule has 2 aliphatic heterocycles. The van der Waals surface area contributed by atoms with E-state index in [9.17, 15) is 80.6 Å². The Hall–Kier alpha value is -4.72. The summed E-state index contributed by atoms with van der Waals surface area (Å²) in [5, 5.41) is -2.24. The largest absolute Gasteiger partial charge is 0.459 e. The molecule has 6 nitrogen and oxygen atoms in total. The molecule has 22 heteroatoms. The van der Waals surface area contributed by atoms with Gasteiger partial charge in [0, 0.05) is 53.5 Å². The lowest BCUT2D eigenvalue weighted by molar-refractivity contribution is -0.354. The van der Waals surface area contributed by atoms with Crippen molar-refractivity contribution in [3.8, 4) is 0 Å². The number of imide groups is 2. The summed E-state index contributed by atoms with van der Waals surface area (Å²) in [4.78, 5) is 52.6. The SMILES string of the molecule is O=C1c2ccc3c4c(Cl)cc5c6c(ccc(c7c(Cl)cc(c2c37)C(=O)N1CC(F)(F)C(F)(F)C(F)(F)F)c64)C(=O)N(CC(F)(F)C(F)(F)C(F)(F)F)C5=O. The maximum absolute atomic E-state index is 14.4. The van der Waals surface area contributed by atoms with E-state index in [0.29, 0.717) is 0 Å². The molecule has 5 aromatic rings. The molecule has 284 valence electrons. The summed E-state index contributed by atoms with van der Waals surface area (Å²) in [7, 11) is 0. The molecular weight excluding hydrogens is 813 g/mol. The second-order valence-corrected chi connectivity index (χ2v) is 13.1. The van der Waals surface area contributed by atoms with E-state index in [1.54, 1.807) is 0 Å². The van der Waals surface area contributed by atoms with Gasteiger partial charge < -0.3 is 0 Å². The Morgan fingerprint density at radius 1 is 0.426 bits per heavy atom. The fourth-order valence-electron chi connectivity index (χ4n) is 6.77. The lowest BCUT2D eigenvalue weighted by Gasteiger charge is -2.35. The van der Waals surface area contributed by atoms with Crippen LogP contribution in [0, 0.1) is 0 Å². The van der Waals surface area contributed by atoms with E-state index in [1.807, 2.05) is 0 Å². The minimum Gasteiger partial charge on any atom is -0.269 e. The Kier molecular flexibility index (Phi) is 7.62. The molecule has 0 bridgehead atoms. The van der Waals surface area contributed by atoms with E-state index < -0.39 is 115 Å². The molecule has 5 aromatic carbocycles. The van der Waals surface area contributed by atoms with Gasteiger partial charge in [-0.05, 0) is 35.0 Å². The van der Waals surface area contributed by atoms with E-state index in [1.165, 1.54) is 0 Å². The van der Waals surface area contributed by atoms with Gasteiger partial charge in [-0.25, -0.2) is 0 Å². The molecule has 7 rings (SSSR count). The van der Waals surface area contributed by atoms with Gasteiger partial charge in [-0.3, -0.25) is 29.0 Å². The van der Waals surface area contributed by atoms with Gasteiger partial charge in [0.1, 0.15) is 0 Å². The topological polar surface area (TPSA) is 74.8 Å². The standard InChI is InChI=1S/C32H10Cl2F14N2O4/c33-15-5-14-18-12(24(52)50(26(14)54)8-28(37,38)30(41,42)32(46,47)48)4-2-10-20-16(34)6-13-17-11(3-1-9(21(17)20)19(15)22(10)18)23(51)49(25(13)53)7-27(35,36)29(39,40)31(43,44)45/h1-6H,7-8H2. The highest BCUT2D eigenvalue weighted by Gasteiger charge is 2.74. The van der Waals surface area contributed by atoms with Crippen molar-refractivity contribution < 1.29 is 80.6 Å². The maximum atomic E-state index is 14.4. The van der Waals surface area contributed by atoms with Crippen molar-refractivity contribution in [3.05, 3.63) is 68.7 Å². The van der Waals surface area contributed by atoms with Crippen molar-refractivity contribution in [1.29, 1.82) is 0 Å². The third kappa shape index (κ3) is 4.67. The van der Waals surface area contributed by atoms with Crippen LogP contribution in [-0.2, 0) is 0 Å². The van der Waals surface area contributed by atoms with Crippen molar-refractivity contribution in [2.75, 3.05) is 13.1 Å². The molecular formula is C32H10Cl2F14N2O4. The number of alkyl halides is 14. The van der Waals surface area contributed by atoms with Crippen LogP contribution in [0.15, 0.2) is 36.4 Å². The zero-order valence-electron chi connectivity index (χ0n) is 25.5.